The molecular formula is C49H31N5. The molecule has 3 heterocycles. The van der Waals surface area contributed by atoms with Crippen LogP contribution in [-0.2, 0) is 5.41 Å². The molecule has 0 saturated carbocycles. The molecule has 5 heteroatoms. The van der Waals surface area contributed by atoms with E-state index in [2.05, 4.69) is 132 Å². The monoisotopic (exact) mass is 689 g/mol. The van der Waals surface area contributed by atoms with Gasteiger partial charge in [0.15, 0.2) is 11.6 Å². The highest BCUT2D eigenvalue weighted by atomic mass is 15.2. The number of rotatable bonds is 5. The molecule has 0 N–H and O–H groups in total. The first-order valence-electron chi connectivity index (χ1n) is 18.2. The van der Waals surface area contributed by atoms with Crippen LogP contribution < -0.4 is 0 Å². The summed E-state index contributed by atoms with van der Waals surface area (Å²) in [5.74, 6) is 1.79. The fourth-order valence-corrected chi connectivity index (χ4v) is 8.74. The van der Waals surface area contributed by atoms with Gasteiger partial charge in [-0.25, -0.2) is 4.98 Å². The largest absolute Gasteiger partial charge is 0.277 e. The predicted octanol–water partition coefficient (Wildman–Crippen LogP) is 11.2. The molecule has 11 rings (SSSR count). The van der Waals surface area contributed by atoms with Crippen molar-refractivity contribution in [1.29, 1.82) is 0 Å². The zero-order valence-electron chi connectivity index (χ0n) is 29.1. The van der Waals surface area contributed by atoms with Crippen LogP contribution in [0.3, 0.4) is 0 Å². The lowest BCUT2D eigenvalue weighted by Gasteiger charge is -2.34. The van der Waals surface area contributed by atoms with Gasteiger partial charge in [-0.2, -0.15) is 9.97 Å². The highest BCUT2D eigenvalue weighted by Crippen LogP contribution is 2.58. The van der Waals surface area contributed by atoms with Crippen LogP contribution in [0.1, 0.15) is 22.3 Å². The molecule has 54 heavy (non-hydrogen) atoms. The van der Waals surface area contributed by atoms with Crippen molar-refractivity contribution in [3.05, 3.63) is 210 Å². The van der Waals surface area contributed by atoms with Crippen LogP contribution >= 0.6 is 0 Å². The number of fused-ring (bicyclic) bond motifs is 9. The van der Waals surface area contributed by atoms with Gasteiger partial charge in [0.1, 0.15) is 0 Å². The Bertz CT molecular complexity index is 2930. The summed E-state index contributed by atoms with van der Waals surface area (Å²) in [6.07, 6.45) is 2.05. The first-order valence-corrected chi connectivity index (χ1v) is 18.2. The number of aromatic nitrogens is 5. The van der Waals surface area contributed by atoms with Gasteiger partial charge in [-0.15, -0.1) is 0 Å². The maximum absolute atomic E-state index is 5.43. The van der Waals surface area contributed by atoms with Gasteiger partial charge in [-0.3, -0.25) is 9.55 Å². The molecule has 0 aliphatic heterocycles. The topological polar surface area (TPSA) is 56.5 Å². The Kier molecular flexibility index (Phi) is 6.70. The van der Waals surface area contributed by atoms with E-state index in [9.17, 15) is 0 Å². The first-order chi connectivity index (χ1) is 26.8. The van der Waals surface area contributed by atoms with Crippen LogP contribution in [0.4, 0.5) is 0 Å². The lowest BCUT2D eigenvalue weighted by molar-refractivity contribution is 0.773. The molecule has 10 aromatic rings. The molecule has 5 nitrogen and oxygen atoms in total. The van der Waals surface area contributed by atoms with Crippen LogP contribution in [0, 0.1) is 0 Å². The SMILES string of the molecule is c1ccc(-c2nc(-c3ccccc3)nc(-n3c4ccccc4c4cnc5c6c(ccc5c43)-c3ccccc3C6(c3ccccc3)c3ccccc3)n2)cc1. The number of para-hydroxylation sites is 1. The van der Waals surface area contributed by atoms with E-state index < -0.39 is 5.41 Å². The third-order valence-corrected chi connectivity index (χ3v) is 11.0. The van der Waals surface area contributed by atoms with E-state index in [0.29, 0.717) is 17.6 Å². The van der Waals surface area contributed by atoms with Gasteiger partial charge in [0, 0.05) is 39.0 Å². The summed E-state index contributed by atoms with van der Waals surface area (Å²) in [5, 5.41) is 3.17. The van der Waals surface area contributed by atoms with Crippen LogP contribution in [0.25, 0.3) is 72.6 Å². The molecule has 3 aromatic heterocycles. The fourth-order valence-electron chi connectivity index (χ4n) is 8.74. The Morgan fingerprint density at radius 1 is 0.426 bits per heavy atom. The normalized spacial score (nSPS) is 13.0. The number of pyridine rings is 1. The van der Waals surface area contributed by atoms with Gasteiger partial charge in [0.2, 0.25) is 5.95 Å². The minimum Gasteiger partial charge on any atom is -0.277 e. The van der Waals surface area contributed by atoms with Gasteiger partial charge in [-0.05, 0) is 33.9 Å². The van der Waals surface area contributed by atoms with E-state index in [-0.39, 0.29) is 0 Å². The van der Waals surface area contributed by atoms with Crippen LogP contribution in [0.5, 0.6) is 0 Å². The van der Waals surface area contributed by atoms with Crippen LogP contribution in [-0.4, -0.2) is 24.5 Å². The first kappa shape index (κ1) is 30.4. The second-order valence-corrected chi connectivity index (χ2v) is 13.8. The highest BCUT2D eigenvalue weighted by molar-refractivity contribution is 6.19. The summed E-state index contributed by atoms with van der Waals surface area (Å²) in [6.45, 7) is 0. The van der Waals surface area contributed by atoms with Crippen molar-refractivity contribution in [1.82, 2.24) is 24.5 Å². The smallest absolute Gasteiger partial charge is 0.238 e. The quantitative estimate of drug-likeness (QED) is 0.180. The summed E-state index contributed by atoms with van der Waals surface area (Å²) >= 11 is 0. The van der Waals surface area contributed by atoms with Gasteiger partial charge in [0.05, 0.1) is 22.0 Å². The second-order valence-electron chi connectivity index (χ2n) is 13.8. The molecule has 0 saturated heterocycles. The van der Waals surface area contributed by atoms with Gasteiger partial charge in [0.25, 0.3) is 0 Å². The Morgan fingerprint density at radius 3 is 1.63 bits per heavy atom. The van der Waals surface area contributed by atoms with E-state index in [0.717, 1.165) is 43.8 Å². The number of hydrogen-bond donors (Lipinski definition) is 0. The zero-order valence-corrected chi connectivity index (χ0v) is 29.1. The Hall–Kier alpha value is -7.24. The molecule has 7 aromatic carbocycles. The van der Waals surface area contributed by atoms with Crippen molar-refractivity contribution in [2.24, 2.45) is 0 Å². The Morgan fingerprint density at radius 2 is 0.981 bits per heavy atom. The van der Waals surface area contributed by atoms with Crippen molar-refractivity contribution in [3.63, 3.8) is 0 Å². The average molecular weight is 690 g/mol. The highest BCUT2D eigenvalue weighted by Gasteiger charge is 2.47. The summed E-state index contributed by atoms with van der Waals surface area (Å²) < 4.78 is 2.22. The Balaban J connectivity index is 1.29. The molecule has 252 valence electrons. The summed E-state index contributed by atoms with van der Waals surface area (Å²) in [5.41, 5.74) is 11.5. The number of nitrogens with zero attached hydrogens (tertiary/aromatic N) is 5. The van der Waals surface area contributed by atoms with Crippen molar-refractivity contribution in [2.45, 2.75) is 5.41 Å². The standard InChI is InChI=1S/C49H31N5/c1-5-17-32(18-6-1)46-51-47(33-19-7-2-8-20-33)53-48(52-46)54-42-28-16-14-26-37(42)40-31-50-44-39(45(40)54)30-29-38-36-25-13-15-27-41(36)49(43(38)44,34-21-9-3-10-22-34)35-23-11-4-12-24-35/h1-31H. The molecular weight excluding hydrogens is 659 g/mol. The second kappa shape index (κ2) is 11.9. The van der Waals surface area contributed by atoms with Crippen molar-refractivity contribution < 1.29 is 0 Å². The minimum absolute atomic E-state index is 0.558. The van der Waals surface area contributed by atoms with E-state index in [1.54, 1.807) is 0 Å². The van der Waals surface area contributed by atoms with Crippen molar-refractivity contribution in [2.75, 3.05) is 0 Å². The number of benzene rings is 7. The average Bonchev–Trinajstić information content (AvgIpc) is 3.76. The van der Waals surface area contributed by atoms with Crippen molar-refractivity contribution >= 4 is 32.7 Å². The van der Waals surface area contributed by atoms with E-state index in [1.165, 1.54) is 33.4 Å². The van der Waals surface area contributed by atoms with Crippen LogP contribution in [0.2, 0.25) is 0 Å². The summed E-state index contributed by atoms with van der Waals surface area (Å²) in [4.78, 5) is 20.9. The maximum atomic E-state index is 5.43. The molecule has 0 unspecified atom stereocenters. The minimum atomic E-state index is -0.598. The summed E-state index contributed by atoms with van der Waals surface area (Å²) in [6, 6.07) is 64.0. The lowest BCUT2D eigenvalue weighted by atomic mass is 9.67. The molecule has 1 aliphatic rings. The number of hydrogen-bond acceptors (Lipinski definition) is 4. The zero-order chi connectivity index (χ0) is 35.6. The summed E-state index contributed by atoms with van der Waals surface area (Å²) in [7, 11) is 0. The molecule has 0 atom stereocenters. The molecule has 0 bridgehead atoms. The van der Waals surface area contributed by atoms with E-state index >= 15 is 0 Å². The van der Waals surface area contributed by atoms with E-state index in [4.69, 9.17) is 19.9 Å². The Labute approximate surface area is 311 Å². The van der Waals surface area contributed by atoms with Crippen LogP contribution in [0.15, 0.2) is 188 Å². The third kappa shape index (κ3) is 4.33. The van der Waals surface area contributed by atoms with E-state index in [1.807, 2.05) is 60.7 Å². The fraction of sp³-hybridized carbons (Fsp3) is 0.0204. The molecule has 0 fully saturated rings. The maximum Gasteiger partial charge on any atom is 0.238 e. The molecule has 0 radical (unpaired) electrons. The van der Waals surface area contributed by atoms with Gasteiger partial charge in [-0.1, -0.05) is 176 Å². The third-order valence-electron chi connectivity index (χ3n) is 11.0. The van der Waals surface area contributed by atoms with Gasteiger partial charge >= 0.3 is 0 Å². The predicted molar refractivity (Wildman–Crippen MR) is 218 cm³/mol. The van der Waals surface area contributed by atoms with Crippen molar-refractivity contribution in [3.8, 4) is 39.9 Å². The molecule has 0 spiro atoms. The molecule has 1 aliphatic carbocycles. The van der Waals surface area contributed by atoms with Gasteiger partial charge < -0.3 is 0 Å². The molecule has 0 amide bonds. The lowest BCUT2D eigenvalue weighted by Crippen LogP contribution is -2.29.